The smallest absolute Gasteiger partial charge is 0.175 e. The Labute approximate surface area is 96.6 Å². The zero-order valence-corrected chi connectivity index (χ0v) is 9.41. The standard InChI is InChI=1S/C11H12N2O2S/c12-5-11(16(14)15)9-3-1-8(2-4-9)10-6-13-7-10/h1-4,10-11,13H,6-7H2,(H,14,15). The first-order valence-corrected chi connectivity index (χ1v) is 6.19. The first-order chi connectivity index (χ1) is 7.72. The molecule has 0 saturated carbocycles. The summed E-state index contributed by atoms with van der Waals surface area (Å²) in [6, 6.07) is 9.21. The fraction of sp³-hybridized carbons (Fsp3) is 0.364. The number of benzene rings is 1. The lowest BCUT2D eigenvalue weighted by atomic mass is 9.93. The molecule has 0 bridgehead atoms. The van der Waals surface area contributed by atoms with Gasteiger partial charge in [-0.3, -0.25) is 0 Å². The van der Waals surface area contributed by atoms with Crippen LogP contribution in [-0.2, 0) is 11.1 Å². The van der Waals surface area contributed by atoms with Crippen molar-refractivity contribution in [1.82, 2.24) is 5.32 Å². The van der Waals surface area contributed by atoms with Crippen LogP contribution in [0.4, 0.5) is 0 Å². The van der Waals surface area contributed by atoms with E-state index in [1.54, 1.807) is 12.1 Å². The van der Waals surface area contributed by atoms with Gasteiger partial charge in [0.05, 0.1) is 6.07 Å². The van der Waals surface area contributed by atoms with Gasteiger partial charge in [0.15, 0.2) is 16.3 Å². The molecule has 84 valence electrons. The van der Waals surface area contributed by atoms with Crippen LogP contribution in [0.1, 0.15) is 22.3 Å². The molecule has 1 fully saturated rings. The lowest BCUT2D eigenvalue weighted by Crippen LogP contribution is -2.39. The molecule has 0 amide bonds. The summed E-state index contributed by atoms with van der Waals surface area (Å²) in [5.41, 5.74) is 1.81. The Morgan fingerprint density at radius 2 is 2.06 bits per heavy atom. The zero-order chi connectivity index (χ0) is 11.5. The van der Waals surface area contributed by atoms with Gasteiger partial charge in [0.2, 0.25) is 0 Å². The molecule has 4 nitrogen and oxygen atoms in total. The highest BCUT2D eigenvalue weighted by atomic mass is 32.2. The molecule has 0 aliphatic carbocycles. The molecular weight excluding hydrogens is 224 g/mol. The van der Waals surface area contributed by atoms with Crippen LogP contribution < -0.4 is 5.32 Å². The highest BCUT2D eigenvalue weighted by Gasteiger charge is 2.20. The van der Waals surface area contributed by atoms with E-state index in [1.807, 2.05) is 18.2 Å². The minimum atomic E-state index is -2.13. The molecule has 5 heteroatoms. The van der Waals surface area contributed by atoms with Gasteiger partial charge >= 0.3 is 0 Å². The van der Waals surface area contributed by atoms with Gasteiger partial charge in [0, 0.05) is 19.0 Å². The van der Waals surface area contributed by atoms with E-state index in [2.05, 4.69) is 5.32 Å². The third-order valence-electron chi connectivity index (χ3n) is 2.81. The average Bonchev–Trinajstić information content (AvgIpc) is 2.18. The van der Waals surface area contributed by atoms with E-state index in [4.69, 9.17) is 9.81 Å². The predicted octanol–water partition coefficient (Wildman–Crippen LogP) is 1.16. The monoisotopic (exact) mass is 236 g/mol. The fourth-order valence-electron chi connectivity index (χ4n) is 1.70. The Bertz CT molecular complexity index is 434. The van der Waals surface area contributed by atoms with E-state index in [0.29, 0.717) is 11.5 Å². The van der Waals surface area contributed by atoms with E-state index in [-0.39, 0.29) is 0 Å². The van der Waals surface area contributed by atoms with Crippen LogP contribution in [0.5, 0.6) is 0 Å². The molecule has 2 rings (SSSR count). The molecule has 1 aromatic carbocycles. The lowest BCUT2D eigenvalue weighted by molar-refractivity contribution is 0.448. The van der Waals surface area contributed by atoms with E-state index in [0.717, 1.165) is 13.1 Å². The number of nitrogens with zero attached hydrogens (tertiary/aromatic N) is 1. The van der Waals surface area contributed by atoms with Crippen molar-refractivity contribution in [3.05, 3.63) is 35.4 Å². The molecule has 2 N–H and O–H groups in total. The summed E-state index contributed by atoms with van der Waals surface area (Å²) >= 11 is -2.13. The van der Waals surface area contributed by atoms with E-state index >= 15 is 0 Å². The van der Waals surface area contributed by atoms with E-state index in [9.17, 15) is 4.21 Å². The Balaban J connectivity index is 2.18. The molecule has 16 heavy (non-hydrogen) atoms. The highest BCUT2D eigenvalue weighted by molar-refractivity contribution is 7.79. The van der Waals surface area contributed by atoms with Crippen LogP contribution >= 0.6 is 0 Å². The van der Waals surface area contributed by atoms with Gasteiger partial charge in [-0.05, 0) is 11.1 Å². The van der Waals surface area contributed by atoms with E-state index in [1.165, 1.54) is 5.56 Å². The van der Waals surface area contributed by atoms with Gasteiger partial charge in [-0.1, -0.05) is 24.3 Å². The average molecular weight is 236 g/mol. The van der Waals surface area contributed by atoms with Gasteiger partial charge in [0.25, 0.3) is 0 Å². The molecule has 1 heterocycles. The maximum Gasteiger partial charge on any atom is 0.175 e. The summed E-state index contributed by atoms with van der Waals surface area (Å²) in [4.78, 5) is 0. The second-order valence-electron chi connectivity index (χ2n) is 3.81. The molecule has 1 saturated heterocycles. The van der Waals surface area contributed by atoms with Crippen molar-refractivity contribution in [2.45, 2.75) is 11.2 Å². The van der Waals surface area contributed by atoms with Crippen molar-refractivity contribution < 1.29 is 8.76 Å². The van der Waals surface area contributed by atoms with Gasteiger partial charge in [0.1, 0.15) is 0 Å². The Hall–Kier alpha value is -1.22. The van der Waals surface area contributed by atoms with Crippen LogP contribution in [-0.4, -0.2) is 21.9 Å². The first kappa shape index (κ1) is 11.3. The number of rotatable bonds is 3. The number of hydrogen-bond acceptors (Lipinski definition) is 3. The second-order valence-corrected chi connectivity index (χ2v) is 4.83. The predicted molar refractivity (Wildman–Crippen MR) is 61.2 cm³/mol. The molecule has 0 aromatic heterocycles. The third-order valence-corrected chi connectivity index (χ3v) is 3.59. The Morgan fingerprint density at radius 1 is 1.44 bits per heavy atom. The van der Waals surface area contributed by atoms with Gasteiger partial charge in [-0.25, -0.2) is 4.21 Å². The number of nitriles is 1. The molecule has 0 radical (unpaired) electrons. The maximum atomic E-state index is 10.9. The van der Waals surface area contributed by atoms with Crippen molar-refractivity contribution >= 4 is 11.1 Å². The van der Waals surface area contributed by atoms with Gasteiger partial charge < -0.3 is 9.87 Å². The minimum absolute atomic E-state index is 0.536. The summed E-state index contributed by atoms with van der Waals surface area (Å²) < 4.78 is 19.8. The summed E-state index contributed by atoms with van der Waals surface area (Å²) in [6.45, 7) is 1.96. The normalized spacial score (nSPS) is 19.5. The van der Waals surface area contributed by atoms with Crippen molar-refractivity contribution in [3.63, 3.8) is 0 Å². The summed E-state index contributed by atoms with van der Waals surface area (Å²) in [7, 11) is 0. The van der Waals surface area contributed by atoms with Crippen LogP contribution in [0.3, 0.4) is 0 Å². The highest BCUT2D eigenvalue weighted by Crippen LogP contribution is 2.23. The maximum absolute atomic E-state index is 10.9. The minimum Gasteiger partial charge on any atom is -0.315 e. The van der Waals surface area contributed by atoms with Crippen LogP contribution in [0.2, 0.25) is 0 Å². The number of hydrogen-bond donors (Lipinski definition) is 2. The number of nitrogens with one attached hydrogen (secondary N) is 1. The molecule has 0 spiro atoms. The van der Waals surface area contributed by atoms with Crippen molar-refractivity contribution in [2.24, 2.45) is 0 Å². The summed E-state index contributed by atoms with van der Waals surface area (Å²) in [5, 5.41) is 11.0. The molecule has 2 unspecified atom stereocenters. The molecule has 1 aliphatic heterocycles. The zero-order valence-electron chi connectivity index (χ0n) is 8.59. The van der Waals surface area contributed by atoms with E-state index < -0.39 is 16.3 Å². The lowest BCUT2D eigenvalue weighted by Gasteiger charge is -2.27. The molecule has 1 aromatic rings. The molecule has 2 atom stereocenters. The van der Waals surface area contributed by atoms with Crippen molar-refractivity contribution in [1.29, 1.82) is 5.26 Å². The fourth-order valence-corrected chi connectivity index (χ4v) is 2.18. The summed E-state index contributed by atoms with van der Waals surface area (Å²) in [6.07, 6.45) is 0. The van der Waals surface area contributed by atoms with Crippen LogP contribution in [0, 0.1) is 11.3 Å². The quantitative estimate of drug-likeness (QED) is 0.772. The molecular formula is C11H12N2O2S. The van der Waals surface area contributed by atoms with Crippen molar-refractivity contribution in [3.8, 4) is 6.07 Å². The van der Waals surface area contributed by atoms with Crippen molar-refractivity contribution in [2.75, 3.05) is 13.1 Å². The van der Waals surface area contributed by atoms with Gasteiger partial charge in [-0.15, -0.1) is 0 Å². The van der Waals surface area contributed by atoms with Gasteiger partial charge in [-0.2, -0.15) is 5.26 Å². The third kappa shape index (κ3) is 2.14. The van der Waals surface area contributed by atoms with Crippen LogP contribution in [0.15, 0.2) is 24.3 Å². The SMILES string of the molecule is N#CC(c1ccc(C2CNC2)cc1)S(=O)O. The Morgan fingerprint density at radius 3 is 2.44 bits per heavy atom. The Kier molecular flexibility index (Phi) is 3.34. The topological polar surface area (TPSA) is 73.1 Å². The molecule has 1 aliphatic rings. The summed E-state index contributed by atoms with van der Waals surface area (Å²) in [5.74, 6) is 0.536. The first-order valence-electron chi connectivity index (χ1n) is 5.02. The van der Waals surface area contributed by atoms with Crippen LogP contribution in [0.25, 0.3) is 0 Å². The second kappa shape index (κ2) is 4.74. The largest absolute Gasteiger partial charge is 0.315 e.